The van der Waals surface area contributed by atoms with Crippen LogP contribution in [0.3, 0.4) is 0 Å². The van der Waals surface area contributed by atoms with E-state index in [1.54, 1.807) is 6.92 Å². The number of rotatable bonds is 6. The van der Waals surface area contributed by atoms with Gasteiger partial charge in [0.25, 0.3) is 0 Å². The molecule has 0 radical (unpaired) electrons. The molecule has 1 aromatic rings. The second-order valence-electron chi connectivity index (χ2n) is 7.51. The zero-order valence-electron chi connectivity index (χ0n) is 15.4. The molecule has 2 aliphatic rings. The highest BCUT2D eigenvalue weighted by molar-refractivity contribution is 5.79. The van der Waals surface area contributed by atoms with Crippen molar-refractivity contribution >= 4 is 11.7 Å². The van der Waals surface area contributed by atoms with E-state index >= 15 is 0 Å². The molecular weight excluding hydrogens is 314 g/mol. The van der Waals surface area contributed by atoms with Crippen molar-refractivity contribution in [2.24, 2.45) is 5.92 Å². The number of hydrogen-bond acceptors (Lipinski definition) is 4. The van der Waals surface area contributed by atoms with Gasteiger partial charge in [-0.3, -0.25) is 19.4 Å². The van der Waals surface area contributed by atoms with Gasteiger partial charge in [0.1, 0.15) is 5.78 Å². The Morgan fingerprint density at radius 3 is 2.12 bits per heavy atom. The Morgan fingerprint density at radius 1 is 1.00 bits per heavy atom. The van der Waals surface area contributed by atoms with Crippen LogP contribution in [0.15, 0.2) is 30.3 Å². The molecule has 2 saturated heterocycles. The molecular formula is C20H29N3O2. The van der Waals surface area contributed by atoms with Gasteiger partial charge >= 0.3 is 0 Å². The number of carbonyl (C=O) groups is 2. The molecule has 0 saturated carbocycles. The zero-order chi connectivity index (χ0) is 17.8. The van der Waals surface area contributed by atoms with E-state index in [0.717, 1.165) is 39.3 Å². The summed E-state index contributed by atoms with van der Waals surface area (Å²) in [5, 5.41) is 0. The minimum atomic E-state index is 0.212. The van der Waals surface area contributed by atoms with Gasteiger partial charge in [0.2, 0.25) is 5.91 Å². The van der Waals surface area contributed by atoms with Crippen molar-refractivity contribution in [2.75, 3.05) is 52.4 Å². The van der Waals surface area contributed by atoms with E-state index in [4.69, 9.17) is 0 Å². The maximum Gasteiger partial charge on any atom is 0.236 e. The van der Waals surface area contributed by atoms with E-state index in [1.165, 1.54) is 5.56 Å². The van der Waals surface area contributed by atoms with E-state index in [9.17, 15) is 9.59 Å². The topological polar surface area (TPSA) is 43.9 Å². The number of Topliss-reactive ketones (excluding diaryl/α,β-unsaturated/α-hetero) is 1. The first-order chi connectivity index (χ1) is 12.0. The van der Waals surface area contributed by atoms with Gasteiger partial charge in [-0.25, -0.2) is 0 Å². The average molecular weight is 343 g/mol. The van der Waals surface area contributed by atoms with Crippen LogP contribution in [0.5, 0.6) is 0 Å². The number of nitrogens with zero attached hydrogens (tertiary/aromatic N) is 3. The van der Waals surface area contributed by atoms with Crippen molar-refractivity contribution in [2.45, 2.75) is 19.8 Å². The van der Waals surface area contributed by atoms with E-state index in [0.29, 0.717) is 24.9 Å². The second-order valence-corrected chi connectivity index (χ2v) is 7.51. The van der Waals surface area contributed by atoms with E-state index in [-0.39, 0.29) is 11.7 Å². The standard InChI is InChI=1S/C20H29N3O2/c1-16(24)12-21-8-10-22(11-9-21)15-20(25)23-13-19(14-23)17(2)18-6-4-3-5-7-18/h3-7,17,19H,8-15H2,1-2H3. The number of amides is 1. The summed E-state index contributed by atoms with van der Waals surface area (Å²) < 4.78 is 0. The van der Waals surface area contributed by atoms with Gasteiger partial charge in [-0.15, -0.1) is 0 Å². The summed E-state index contributed by atoms with van der Waals surface area (Å²) in [6.45, 7) is 10.2. The van der Waals surface area contributed by atoms with Crippen LogP contribution < -0.4 is 0 Å². The van der Waals surface area contributed by atoms with Crippen molar-refractivity contribution < 1.29 is 9.59 Å². The molecule has 0 bridgehead atoms. The predicted molar refractivity (Wildman–Crippen MR) is 98.5 cm³/mol. The maximum atomic E-state index is 12.5. The number of carbonyl (C=O) groups excluding carboxylic acids is 2. The molecule has 136 valence electrons. The van der Waals surface area contributed by atoms with E-state index < -0.39 is 0 Å². The summed E-state index contributed by atoms with van der Waals surface area (Å²) in [6, 6.07) is 10.6. The van der Waals surface area contributed by atoms with Crippen LogP contribution in [-0.4, -0.2) is 78.7 Å². The molecule has 0 aliphatic carbocycles. The molecule has 5 nitrogen and oxygen atoms in total. The Hall–Kier alpha value is -1.72. The maximum absolute atomic E-state index is 12.5. The van der Waals surface area contributed by atoms with Crippen LogP contribution >= 0.6 is 0 Å². The van der Waals surface area contributed by atoms with Gasteiger partial charge < -0.3 is 4.90 Å². The molecule has 1 atom stereocenters. The Morgan fingerprint density at radius 2 is 1.56 bits per heavy atom. The first-order valence-electron chi connectivity index (χ1n) is 9.30. The minimum absolute atomic E-state index is 0.212. The number of piperazine rings is 1. The smallest absolute Gasteiger partial charge is 0.236 e. The predicted octanol–water partition coefficient (Wildman–Crippen LogP) is 1.46. The first-order valence-corrected chi connectivity index (χ1v) is 9.30. The van der Waals surface area contributed by atoms with Crippen molar-refractivity contribution in [3.63, 3.8) is 0 Å². The van der Waals surface area contributed by atoms with Crippen molar-refractivity contribution in [3.8, 4) is 0 Å². The lowest BCUT2D eigenvalue weighted by molar-refractivity contribution is -0.139. The fourth-order valence-corrected chi connectivity index (χ4v) is 3.77. The first kappa shape index (κ1) is 18.1. The normalized spacial score (nSPS) is 21.0. The minimum Gasteiger partial charge on any atom is -0.341 e. The van der Waals surface area contributed by atoms with Gasteiger partial charge in [0.15, 0.2) is 0 Å². The summed E-state index contributed by atoms with van der Waals surface area (Å²) in [6.07, 6.45) is 0. The van der Waals surface area contributed by atoms with Crippen LogP contribution in [0.4, 0.5) is 0 Å². The Bertz CT molecular complexity index is 590. The summed E-state index contributed by atoms with van der Waals surface area (Å²) >= 11 is 0. The highest BCUT2D eigenvalue weighted by Crippen LogP contribution is 2.31. The summed E-state index contributed by atoms with van der Waals surface area (Å²) in [7, 11) is 0. The summed E-state index contributed by atoms with van der Waals surface area (Å²) in [5.41, 5.74) is 1.36. The molecule has 2 heterocycles. The van der Waals surface area contributed by atoms with Gasteiger partial charge in [0, 0.05) is 45.2 Å². The van der Waals surface area contributed by atoms with Gasteiger partial charge in [-0.1, -0.05) is 37.3 Å². The van der Waals surface area contributed by atoms with Gasteiger partial charge in [-0.2, -0.15) is 0 Å². The van der Waals surface area contributed by atoms with Gasteiger partial charge in [0.05, 0.1) is 13.1 Å². The van der Waals surface area contributed by atoms with Crippen molar-refractivity contribution in [1.29, 1.82) is 0 Å². The van der Waals surface area contributed by atoms with E-state index in [2.05, 4.69) is 41.0 Å². The van der Waals surface area contributed by atoms with Crippen LogP contribution in [0.1, 0.15) is 25.3 Å². The van der Waals surface area contributed by atoms with Crippen LogP contribution in [-0.2, 0) is 9.59 Å². The molecule has 2 aliphatic heterocycles. The SMILES string of the molecule is CC(=O)CN1CCN(CC(=O)N2CC(C(C)c3ccccc3)C2)CC1. The highest BCUT2D eigenvalue weighted by atomic mass is 16.2. The summed E-state index contributed by atoms with van der Waals surface area (Å²) in [5.74, 6) is 1.53. The third-order valence-corrected chi connectivity index (χ3v) is 5.57. The number of likely N-dealkylation sites (tertiary alicyclic amines) is 1. The van der Waals surface area contributed by atoms with Crippen LogP contribution in [0.2, 0.25) is 0 Å². The lowest BCUT2D eigenvalue weighted by atomic mass is 9.82. The molecule has 3 rings (SSSR count). The molecule has 0 aromatic heterocycles. The van der Waals surface area contributed by atoms with Crippen LogP contribution in [0.25, 0.3) is 0 Å². The number of hydrogen-bond donors (Lipinski definition) is 0. The van der Waals surface area contributed by atoms with Crippen molar-refractivity contribution in [3.05, 3.63) is 35.9 Å². The third kappa shape index (κ3) is 4.67. The number of ketones is 1. The molecule has 1 unspecified atom stereocenters. The Kier molecular flexibility index (Phi) is 5.86. The molecule has 2 fully saturated rings. The molecule has 5 heteroatoms. The molecule has 0 spiro atoms. The number of benzene rings is 1. The fraction of sp³-hybridized carbons (Fsp3) is 0.600. The molecule has 1 amide bonds. The van der Waals surface area contributed by atoms with E-state index in [1.807, 2.05) is 11.0 Å². The molecule has 0 N–H and O–H groups in total. The lowest BCUT2D eigenvalue weighted by Gasteiger charge is -2.44. The zero-order valence-corrected chi connectivity index (χ0v) is 15.4. The second kappa shape index (κ2) is 8.11. The largest absolute Gasteiger partial charge is 0.341 e. The highest BCUT2D eigenvalue weighted by Gasteiger charge is 2.35. The third-order valence-electron chi connectivity index (χ3n) is 5.57. The van der Waals surface area contributed by atoms with Crippen LogP contribution in [0, 0.1) is 5.92 Å². The Labute approximate surface area is 150 Å². The quantitative estimate of drug-likeness (QED) is 0.784. The summed E-state index contributed by atoms with van der Waals surface area (Å²) in [4.78, 5) is 30.0. The monoisotopic (exact) mass is 343 g/mol. The van der Waals surface area contributed by atoms with Gasteiger partial charge in [-0.05, 0) is 18.4 Å². The molecule has 25 heavy (non-hydrogen) atoms. The molecule has 1 aromatic carbocycles. The lowest BCUT2D eigenvalue weighted by Crippen LogP contribution is -2.56. The average Bonchev–Trinajstić information content (AvgIpc) is 2.55. The Balaban J connectivity index is 1.39. The fourth-order valence-electron chi connectivity index (χ4n) is 3.77. The van der Waals surface area contributed by atoms with Crippen molar-refractivity contribution in [1.82, 2.24) is 14.7 Å².